The van der Waals surface area contributed by atoms with E-state index in [1.807, 2.05) is 0 Å². The Bertz CT molecular complexity index is 578. The van der Waals surface area contributed by atoms with Crippen LogP contribution in [0.25, 0.3) is 0 Å². The molecule has 0 unspecified atom stereocenters. The summed E-state index contributed by atoms with van der Waals surface area (Å²) in [6.07, 6.45) is 3.99. The largest absolute Gasteiger partial charge is 0.494 e. The Morgan fingerprint density at radius 2 is 1.90 bits per heavy atom. The number of ketones is 1. The molecule has 0 atom stereocenters. The van der Waals surface area contributed by atoms with Gasteiger partial charge >= 0.3 is 0 Å². The summed E-state index contributed by atoms with van der Waals surface area (Å²) in [7, 11) is -4.42. The van der Waals surface area contributed by atoms with E-state index in [9.17, 15) is 17.8 Å². The Hall–Kier alpha value is -1.40. The van der Waals surface area contributed by atoms with Gasteiger partial charge in [0.15, 0.2) is 5.78 Å². The first-order valence-corrected chi connectivity index (χ1v) is 8.61. The lowest BCUT2D eigenvalue weighted by Gasteiger charge is -2.09. The Morgan fingerprint density at radius 1 is 1.19 bits per heavy atom. The first-order valence-electron chi connectivity index (χ1n) is 7.17. The monoisotopic (exact) mass is 314 g/mol. The van der Waals surface area contributed by atoms with Crippen LogP contribution in [0.1, 0.15) is 56.3 Å². The van der Waals surface area contributed by atoms with E-state index < -0.39 is 10.1 Å². The average Bonchev–Trinajstić information content (AvgIpc) is 2.42. The number of benzene rings is 1. The first-order chi connectivity index (χ1) is 9.90. The molecule has 0 saturated carbocycles. The molecule has 0 aromatic heterocycles. The van der Waals surface area contributed by atoms with Crippen LogP contribution in [0, 0.1) is 0 Å². The lowest BCUT2D eigenvalue weighted by Crippen LogP contribution is -2.09. The fraction of sp³-hybridized carbons (Fsp3) is 0.533. The van der Waals surface area contributed by atoms with Gasteiger partial charge in [0.25, 0.3) is 10.1 Å². The number of ether oxygens (including phenoxy) is 1. The minimum Gasteiger partial charge on any atom is -0.494 e. The lowest BCUT2D eigenvalue weighted by atomic mass is 10.0. The molecule has 0 spiro atoms. The summed E-state index contributed by atoms with van der Waals surface area (Å²) in [5.74, 6) is 0.127. The standard InChI is InChI=1S/C15H22O5S/c1-3-5-6-7-8-14(16)13-11-12(20-4-2)9-10-15(13)21(17,18)19/h9-11H,3-8H2,1-2H3,(H,17,18,19). The molecule has 1 aromatic rings. The van der Waals surface area contributed by atoms with Crippen LogP contribution in [0.4, 0.5) is 0 Å². The van der Waals surface area contributed by atoms with Gasteiger partial charge in [0, 0.05) is 12.0 Å². The topological polar surface area (TPSA) is 80.7 Å². The van der Waals surface area contributed by atoms with Crippen molar-refractivity contribution >= 4 is 15.9 Å². The maximum absolute atomic E-state index is 12.2. The number of carbonyl (C=O) groups excluding carboxylic acids is 1. The second kappa shape index (κ2) is 8.14. The third-order valence-corrected chi connectivity index (χ3v) is 4.01. The molecule has 0 amide bonds. The third-order valence-electron chi connectivity index (χ3n) is 3.10. The molecule has 6 heteroatoms. The highest BCUT2D eigenvalue weighted by Crippen LogP contribution is 2.24. The van der Waals surface area contributed by atoms with Crippen LogP contribution in [-0.2, 0) is 10.1 Å². The normalized spacial score (nSPS) is 11.4. The smallest absolute Gasteiger partial charge is 0.295 e. The molecule has 0 radical (unpaired) electrons. The van der Waals surface area contributed by atoms with Crippen molar-refractivity contribution in [2.45, 2.75) is 50.8 Å². The highest BCUT2D eigenvalue weighted by atomic mass is 32.2. The Balaban J connectivity index is 3.00. The van der Waals surface area contributed by atoms with Crippen LogP contribution in [0.5, 0.6) is 5.75 Å². The number of rotatable bonds is 9. The van der Waals surface area contributed by atoms with Crippen molar-refractivity contribution in [3.8, 4) is 5.75 Å². The highest BCUT2D eigenvalue weighted by Gasteiger charge is 2.21. The molecular weight excluding hydrogens is 292 g/mol. The molecule has 1 N–H and O–H groups in total. The van der Waals surface area contributed by atoms with E-state index in [-0.39, 0.29) is 22.7 Å². The minimum atomic E-state index is -4.42. The quantitative estimate of drug-likeness (QED) is 0.429. The zero-order valence-corrected chi connectivity index (χ0v) is 13.3. The van der Waals surface area contributed by atoms with Gasteiger partial charge in [0.2, 0.25) is 0 Å². The van der Waals surface area contributed by atoms with Crippen LogP contribution in [0.3, 0.4) is 0 Å². The molecule has 0 aliphatic heterocycles. The Kier molecular flexibility index (Phi) is 6.84. The van der Waals surface area contributed by atoms with Crippen LogP contribution < -0.4 is 4.74 Å². The van der Waals surface area contributed by atoms with E-state index >= 15 is 0 Å². The lowest BCUT2D eigenvalue weighted by molar-refractivity contribution is 0.0975. The van der Waals surface area contributed by atoms with Crippen molar-refractivity contribution in [1.82, 2.24) is 0 Å². The van der Waals surface area contributed by atoms with Crippen molar-refractivity contribution in [1.29, 1.82) is 0 Å². The van der Waals surface area contributed by atoms with E-state index in [1.54, 1.807) is 6.92 Å². The summed E-state index contributed by atoms with van der Waals surface area (Å²) in [6.45, 7) is 4.28. The van der Waals surface area contributed by atoms with Crippen LogP contribution in [0.2, 0.25) is 0 Å². The van der Waals surface area contributed by atoms with Crippen LogP contribution in [0.15, 0.2) is 23.1 Å². The zero-order chi connectivity index (χ0) is 15.9. The molecule has 0 aliphatic rings. The molecule has 1 rings (SSSR count). The Labute approximate surface area is 126 Å². The fourth-order valence-electron chi connectivity index (χ4n) is 2.06. The predicted octanol–water partition coefficient (Wildman–Crippen LogP) is 3.49. The van der Waals surface area contributed by atoms with Gasteiger partial charge in [0.1, 0.15) is 10.6 Å². The zero-order valence-electron chi connectivity index (χ0n) is 12.5. The van der Waals surface area contributed by atoms with E-state index in [0.717, 1.165) is 19.3 Å². The third kappa shape index (κ3) is 5.47. The van der Waals surface area contributed by atoms with Gasteiger partial charge in [-0.15, -0.1) is 0 Å². The molecule has 5 nitrogen and oxygen atoms in total. The molecule has 1 aromatic carbocycles. The second-order valence-electron chi connectivity index (χ2n) is 4.80. The van der Waals surface area contributed by atoms with Gasteiger partial charge in [-0.1, -0.05) is 26.2 Å². The van der Waals surface area contributed by atoms with Crippen molar-refractivity contribution in [3.05, 3.63) is 23.8 Å². The number of unbranched alkanes of at least 4 members (excludes halogenated alkanes) is 3. The fourth-order valence-corrected chi connectivity index (χ4v) is 2.75. The molecule has 21 heavy (non-hydrogen) atoms. The summed E-state index contributed by atoms with van der Waals surface area (Å²) >= 11 is 0. The summed E-state index contributed by atoms with van der Waals surface area (Å²) in [6, 6.07) is 4.02. The molecule has 0 saturated heterocycles. The van der Waals surface area contributed by atoms with Crippen molar-refractivity contribution in [2.24, 2.45) is 0 Å². The molecule has 0 fully saturated rings. The van der Waals surface area contributed by atoms with E-state index in [4.69, 9.17) is 4.74 Å². The summed E-state index contributed by atoms with van der Waals surface area (Å²) in [5, 5.41) is 0. The Morgan fingerprint density at radius 3 is 2.48 bits per heavy atom. The van der Waals surface area contributed by atoms with Gasteiger partial charge < -0.3 is 4.74 Å². The van der Waals surface area contributed by atoms with E-state index in [0.29, 0.717) is 18.8 Å². The molecule has 118 valence electrons. The van der Waals surface area contributed by atoms with E-state index in [2.05, 4.69) is 6.92 Å². The summed E-state index contributed by atoms with van der Waals surface area (Å²) in [4.78, 5) is 11.8. The second-order valence-corrected chi connectivity index (χ2v) is 6.19. The molecular formula is C15H22O5S. The summed E-state index contributed by atoms with van der Waals surface area (Å²) < 4.78 is 37.2. The molecule has 0 aliphatic carbocycles. The SMILES string of the molecule is CCCCCCC(=O)c1cc(OCC)ccc1S(=O)(=O)O. The number of hydrogen-bond acceptors (Lipinski definition) is 4. The number of carbonyl (C=O) groups is 1. The van der Waals surface area contributed by atoms with Crippen molar-refractivity contribution in [3.63, 3.8) is 0 Å². The average molecular weight is 314 g/mol. The number of hydrogen-bond donors (Lipinski definition) is 1. The minimum absolute atomic E-state index is 0.0000477. The van der Waals surface area contributed by atoms with Crippen LogP contribution >= 0.6 is 0 Å². The molecule has 0 heterocycles. The first kappa shape index (κ1) is 17.7. The highest BCUT2D eigenvalue weighted by molar-refractivity contribution is 7.86. The van der Waals surface area contributed by atoms with Gasteiger partial charge in [-0.2, -0.15) is 8.42 Å². The number of Topliss-reactive ketones (excluding diaryl/α,β-unsaturated/α-hetero) is 1. The summed E-state index contributed by atoms with van der Waals surface area (Å²) in [5.41, 5.74) is -0.0000477. The maximum Gasteiger partial charge on any atom is 0.295 e. The maximum atomic E-state index is 12.2. The van der Waals surface area contributed by atoms with Gasteiger partial charge in [-0.3, -0.25) is 9.35 Å². The molecule has 0 bridgehead atoms. The van der Waals surface area contributed by atoms with Gasteiger partial charge in [-0.05, 0) is 31.5 Å². The van der Waals surface area contributed by atoms with Gasteiger partial charge in [-0.25, -0.2) is 0 Å². The van der Waals surface area contributed by atoms with Crippen LogP contribution in [-0.4, -0.2) is 25.4 Å². The van der Waals surface area contributed by atoms with Crippen molar-refractivity contribution < 1.29 is 22.5 Å². The van der Waals surface area contributed by atoms with E-state index in [1.165, 1.54) is 18.2 Å². The van der Waals surface area contributed by atoms with Crippen molar-refractivity contribution in [2.75, 3.05) is 6.61 Å². The van der Waals surface area contributed by atoms with Gasteiger partial charge in [0.05, 0.1) is 6.61 Å². The predicted molar refractivity (Wildman–Crippen MR) is 80.5 cm³/mol.